The van der Waals surface area contributed by atoms with Gasteiger partial charge in [0.25, 0.3) is 0 Å². The fourth-order valence-corrected chi connectivity index (χ4v) is 5.83. The Morgan fingerprint density at radius 3 is 1.30 bits per heavy atom. The van der Waals surface area contributed by atoms with E-state index in [9.17, 15) is 0 Å². The van der Waals surface area contributed by atoms with Crippen LogP contribution in [0.5, 0.6) is 0 Å². The zero-order valence-corrected chi connectivity index (χ0v) is 32.4. The van der Waals surface area contributed by atoms with Gasteiger partial charge in [-0.25, -0.2) is 0 Å². The van der Waals surface area contributed by atoms with Gasteiger partial charge in [-0.2, -0.15) is 0 Å². The summed E-state index contributed by atoms with van der Waals surface area (Å²) in [6.07, 6.45) is 51.0. The van der Waals surface area contributed by atoms with E-state index >= 15 is 0 Å². The molecule has 0 aliphatic heterocycles. The van der Waals surface area contributed by atoms with Crippen LogP contribution in [0.2, 0.25) is 0 Å². The average molecular weight is 658 g/mol. The maximum absolute atomic E-state index is 6.36. The molecule has 0 aromatic heterocycles. The molecule has 0 saturated heterocycles. The molecule has 276 valence electrons. The number of hydrogen-bond donors (Lipinski definition) is 0. The first-order valence-corrected chi connectivity index (χ1v) is 20.8. The first-order valence-electron chi connectivity index (χ1n) is 20.8. The maximum atomic E-state index is 6.36. The van der Waals surface area contributed by atoms with Crippen LogP contribution in [0.3, 0.4) is 0 Å². The molecule has 0 amide bonds. The first-order chi connectivity index (χ1) is 23.3. The lowest BCUT2D eigenvalue weighted by atomic mass is 10.1. The predicted octanol–water partition coefficient (Wildman–Crippen LogP) is 13.7. The highest BCUT2D eigenvalue weighted by atomic mass is 16.5. The first kappa shape index (κ1) is 45.8. The largest absolute Gasteiger partial charge is 0.379 e. The van der Waals surface area contributed by atoms with Crippen LogP contribution >= 0.6 is 0 Å². The van der Waals surface area contributed by atoms with Crippen LogP contribution < -0.4 is 0 Å². The second-order valence-electron chi connectivity index (χ2n) is 13.6. The third-order valence-corrected chi connectivity index (χ3v) is 9.15. The minimum absolute atomic E-state index is 0.234. The molecule has 0 aromatic rings. The molecule has 0 aliphatic rings. The van der Waals surface area contributed by atoms with Crippen molar-refractivity contribution in [1.29, 1.82) is 0 Å². The minimum Gasteiger partial charge on any atom is -0.379 e. The number of ether oxygens (including phenoxy) is 2. The zero-order chi connectivity index (χ0) is 34.1. The van der Waals surface area contributed by atoms with Crippen LogP contribution in [-0.2, 0) is 9.47 Å². The van der Waals surface area contributed by atoms with Crippen molar-refractivity contribution in [3.05, 3.63) is 48.6 Å². The summed E-state index contributed by atoms with van der Waals surface area (Å²) >= 11 is 0. The van der Waals surface area contributed by atoms with Crippen molar-refractivity contribution in [3.8, 4) is 0 Å². The third kappa shape index (κ3) is 37.5. The van der Waals surface area contributed by atoms with Crippen molar-refractivity contribution in [1.82, 2.24) is 4.90 Å². The van der Waals surface area contributed by atoms with Crippen LogP contribution in [0.15, 0.2) is 48.6 Å². The molecule has 0 spiro atoms. The highest BCUT2D eigenvalue weighted by Gasteiger charge is 2.11. The standard InChI is InChI=1S/C44H83NO2/c1-5-9-11-13-15-17-19-21-23-25-27-29-31-33-35-37-41-46-43-44(39-40-45(7-3)8-4)47-42-38-36-34-32-30-28-26-24-22-20-18-16-14-12-10-6-2/h15-18,21-24,44H,5-14,19-20,25-43H2,1-4H3/t44-/m1/s1. The third-order valence-electron chi connectivity index (χ3n) is 9.15. The fraction of sp³-hybridized carbons (Fsp3) is 0.818. The lowest BCUT2D eigenvalue weighted by molar-refractivity contribution is -0.0259. The molecule has 0 fully saturated rings. The molecule has 47 heavy (non-hydrogen) atoms. The summed E-state index contributed by atoms with van der Waals surface area (Å²) in [5.74, 6) is 0. The minimum atomic E-state index is 0.234. The van der Waals surface area contributed by atoms with Gasteiger partial charge in [0.05, 0.1) is 12.7 Å². The zero-order valence-electron chi connectivity index (χ0n) is 32.4. The molecule has 0 bridgehead atoms. The monoisotopic (exact) mass is 658 g/mol. The molecule has 0 N–H and O–H groups in total. The second kappa shape index (κ2) is 41.0. The molecule has 0 heterocycles. The molecular weight excluding hydrogens is 574 g/mol. The molecule has 0 rings (SSSR count). The smallest absolute Gasteiger partial charge is 0.0820 e. The number of hydrogen-bond acceptors (Lipinski definition) is 3. The van der Waals surface area contributed by atoms with Gasteiger partial charge in [0.1, 0.15) is 0 Å². The van der Waals surface area contributed by atoms with Crippen molar-refractivity contribution in [3.63, 3.8) is 0 Å². The summed E-state index contributed by atoms with van der Waals surface area (Å²) in [5, 5.41) is 0. The molecular formula is C44H83NO2. The molecule has 0 aromatic carbocycles. The van der Waals surface area contributed by atoms with Crippen LogP contribution in [0.4, 0.5) is 0 Å². The molecule has 1 atom stereocenters. The van der Waals surface area contributed by atoms with Crippen LogP contribution in [0, 0.1) is 0 Å². The average Bonchev–Trinajstić information content (AvgIpc) is 3.09. The summed E-state index contributed by atoms with van der Waals surface area (Å²) in [6.45, 7) is 14.9. The second-order valence-corrected chi connectivity index (χ2v) is 13.6. The summed E-state index contributed by atoms with van der Waals surface area (Å²) in [7, 11) is 0. The van der Waals surface area contributed by atoms with E-state index in [0.717, 1.165) is 58.7 Å². The Morgan fingerprint density at radius 2 is 0.851 bits per heavy atom. The van der Waals surface area contributed by atoms with Gasteiger partial charge >= 0.3 is 0 Å². The summed E-state index contributed by atoms with van der Waals surface area (Å²) in [4.78, 5) is 2.50. The normalized spacial score (nSPS) is 13.1. The highest BCUT2D eigenvalue weighted by Crippen LogP contribution is 2.12. The van der Waals surface area contributed by atoms with E-state index < -0.39 is 0 Å². The summed E-state index contributed by atoms with van der Waals surface area (Å²) < 4.78 is 12.5. The summed E-state index contributed by atoms with van der Waals surface area (Å²) in [6, 6.07) is 0. The van der Waals surface area contributed by atoms with Gasteiger partial charge in [-0.3, -0.25) is 0 Å². The van der Waals surface area contributed by atoms with Crippen molar-refractivity contribution in [2.24, 2.45) is 0 Å². The highest BCUT2D eigenvalue weighted by molar-refractivity contribution is 4.93. The van der Waals surface area contributed by atoms with E-state index in [1.807, 2.05) is 0 Å². The molecule has 0 saturated carbocycles. The number of unbranched alkanes of at least 4 members (excludes halogenated alkanes) is 18. The molecule has 0 radical (unpaired) electrons. The van der Waals surface area contributed by atoms with Gasteiger partial charge in [0.15, 0.2) is 0 Å². The van der Waals surface area contributed by atoms with Crippen LogP contribution in [-0.4, -0.2) is 50.5 Å². The lowest BCUT2D eigenvalue weighted by Gasteiger charge is -2.23. The number of rotatable bonds is 38. The van der Waals surface area contributed by atoms with E-state index in [4.69, 9.17) is 9.47 Å². The molecule has 3 nitrogen and oxygen atoms in total. The van der Waals surface area contributed by atoms with E-state index in [1.165, 1.54) is 141 Å². The Kier molecular flexibility index (Phi) is 40.0. The Morgan fingerprint density at radius 1 is 0.447 bits per heavy atom. The SMILES string of the molecule is CCCCCC=CCC=CCCCCCCCCOC[C@@H](CCN(CC)CC)OCCCCCCCCC=CCC=CCCCCC. The molecule has 0 unspecified atom stereocenters. The van der Waals surface area contributed by atoms with Crippen molar-refractivity contribution in [2.75, 3.05) is 39.5 Å². The Hall–Kier alpha value is -1.16. The van der Waals surface area contributed by atoms with Gasteiger partial charge in [-0.1, -0.05) is 153 Å². The van der Waals surface area contributed by atoms with E-state index in [1.54, 1.807) is 0 Å². The number of nitrogens with zero attached hydrogens (tertiary/aromatic N) is 1. The van der Waals surface area contributed by atoms with Gasteiger partial charge in [0, 0.05) is 19.8 Å². The van der Waals surface area contributed by atoms with E-state index in [2.05, 4.69) is 81.2 Å². The van der Waals surface area contributed by atoms with E-state index in [-0.39, 0.29) is 6.10 Å². The topological polar surface area (TPSA) is 21.7 Å². The predicted molar refractivity (Wildman–Crippen MR) is 212 cm³/mol. The molecule has 3 heteroatoms. The summed E-state index contributed by atoms with van der Waals surface area (Å²) in [5.41, 5.74) is 0. The van der Waals surface area contributed by atoms with Crippen LogP contribution in [0.25, 0.3) is 0 Å². The van der Waals surface area contributed by atoms with Crippen molar-refractivity contribution < 1.29 is 9.47 Å². The van der Waals surface area contributed by atoms with Gasteiger partial charge in [-0.15, -0.1) is 0 Å². The van der Waals surface area contributed by atoms with Crippen molar-refractivity contribution >= 4 is 0 Å². The quantitative estimate of drug-likeness (QED) is 0.0487. The Bertz CT molecular complexity index is 693. The molecule has 0 aliphatic carbocycles. The van der Waals surface area contributed by atoms with Gasteiger partial charge in [-0.05, 0) is 96.6 Å². The van der Waals surface area contributed by atoms with Crippen LogP contribution in [0.1, 0.15) is 188 Å². The van der Waals surface area contributed by atoms with Crippen molar-refractivity contribution in [2.45, 2.75) is 194 Å². The Balaban J connectivity index is 3.82. The number of allylic oxidation sites excluding steroid dienone is 8. The van der Waals surface area contributed by atoms with Gasteiger partial charge in [0.2, 0.25) is 0 Å². The van der Waals surface area contributed by atoms with E-state index in [0.29, 0.717) is 0 Å². The maximum Gasteiger partial charge on any atom is 0.0820 e. The lowest BCUT2D eigenvalue weighted by Crippen LogP contribution is -2.30. The van der Waals surface area contributed by atoms with Gasteiger partial charge < -0.3 is 14.4 Å². The fourth-order valence-electron chi connectivity index (χ4n) is 5.83. The Labute approximate surface area is 296 Å².